The van der Waals surface area contributed by atoms with E-state index in [1.807, 2.05) is 49.4 Å². The number of aliphatic imine (C=N–C) groups is 1. The highest BCUT2D eigenvalue weighted by atomic mass is 16.3. The normalized spacial score (nSPS) is 10.8. The van der Waals surface area contributed by atoms with Crippen LogP contribution in [0.15, 0.2) is 77.8 Å². The van der Waals surface area contributed by atoms with Crippen LogP contribution in [0, 0.1) is 6.92 Å². The van der Waals surface area contributed by atoms with Gasteiger partial charge in [0.25, 0.3) is 5.91 Å². The first-order chi connectivity index (χ1) is 12.1. The molecule has 0 saturated heterocycles. The highest BCUT2D eigenvalue weighted by Gasteiger charge is 2.08. The van der Waals surface area contributed by atoms with Gasteiger partial charge in [-0.1, -0.05) is 36.4 Å². The summed E-state index contributed by atoms with van der Waals surface area (Å²) in [5.41, 5.74) is 3.56. The molecule has 0 aliphatic heterocycles. The van der Waals surface area contributed by atoms with Crippen molar-refractivity contribution in [2.75, 3.05) is 5.32 Å². The number of phenolic OH excluding ortho intramolecular Hbond substituents is 1. The predicted octanol–water partition coefficient (Wildman–Crippen LogP) is 4.70. The number of amides is 1. The molecule has 4 heteroatoms. The number of aromatic hydroxyl groups is 1. The molecule has 1 amide bonds. The molecule has 0 saturated carbocycles. The van der Waals surface area contributed by atoms with E-state index in [1.165, 1.54) is 0 Å². The van der Waals surface area contributed by atoms with Gasteiger partial charge < -0.3 is 10.4 Å². The van der Waals surface area contributed by atoms with Gasteiger partial charge in [-0.25, -0.2) is 0 Å². The number of benzene rings is 3. The lowest BCUT2D eigenvalue weighted by molar-refractivity contribution is 0.102. The Balaban J connectivity index is 1.77. The quantitative estimate of drug-likeness (QED) is 0.681. The third-order valence-electron chi connectivity index (χ3n) is 3.78. The number of hydrogen-bond acceptors (Lipinski definition) is 3. The number of carbonyl (C=O) groups excluding carboxylic acids is 1. The highest BCUT2D eigenvalue weighted by molar-refractivity contribution is 6.05. The molecule has 0 heterocycles. The van der Waals surface area contributed by atoms with Gasteiger partial charge in [0.15, 0.2) is 0 Å². The van der Waals surface area contributed by atoms with E-state index in [0.717, 1.165) is 5.56 Å². The average molecular weight is 330 g/mol. The maximum atomic E-state index is 12.4. The second-order valence-corrected chi connectivity index (χ2v) is 5.64. The maximum Gasteiger partial charge on any atom is 0.255 e. The molecular weight excluding hydrogens is 312 g/mol. The number of carbonyl (C=O) groups is 1. The number of nitrogens with one attached hydrogen (secondary N) is 1. The molecule has 3 aromatic rings. The van der Waals surface area contributed by atoms with Crippen molar-refractivity contribution in [3.8, 4) is 5.75 Å². The molecule has 2 N–H and O–H groups in total. The Morgan fingerprint density at radius 3 is 2.56 bits per heavy atom. The van der Waals surface area contributed by atoms with Gasteiger partial charge >= 0.3 is 0 Å². The number of nitrogens with zero attached hydrogens (tertiary/aromatic N) is 1. The van der Waals surface area contributed by atoms with Crippen LogP contribution >= 0.6 is 0 Å². The van der Waals surface area contributed by atoms with Gasteiger partial charge in [0, 0.05) is 23.0 Å². The fourth-order valence-electron chi connectivity index (χ4n) is 2.43. The van der Waals surface area contributed by atoms with E-state index >= 15 is 0 Å². The van der Waals surface area contributed by atoms with Gasteiger partial charge in [-0.3, -0.25) is 9.79 Å². The van der Waals surface area contributed by atoms with Crippen molar-refractivity contribution in [1.82, 2.24) is 0 Å². The summed E-state index contributed by atoms with van der Waals surface area (Å²) in [5, 5.41) is 12.7. The third-order valence-corrected chi connectivity index (χ3v) is 3.78. The van der Waals surface area contributed by atoms with E-state index in [9.17, 15) is 9.90 Å². The second-order valence-electron chi connectivity index (χ2n) is 5.64. The molecule has 0 atom stereocenters. The van der Waals surface area contributed by atoms with Gasteiger partial charge in [0.1, 0.15) is 5.75 Å². The van der Waals surface area contributed by atoms with Crippen LogP contribution in [-0.4, -0.2) is 17.2 Å². The zero-order valence-electron chi connectivity index (χ0n) is 13.8. The molecule has 0 aliphatic carbocycles. The Bertz CT molecular complexity index is 932. The lowest BCUT2D eigenvalue weighted by Crippen LogP contribution is -2.13. The first kappa shape index (κ1) is 16.5. The van der Waals surface area contributed by atoms with Crippen molar-refractivity contribution in [3.05, 3.63) is 89.5 Å². The Labute approximate surface area is 146 Å². The minimum absolute atomic E-state index is 0.153. The monoisotopic (exact) mass is 330 g/mol. The third kappa shape index (κ3) is 4.12. The molecule has 0 radical (unpaired) electrons. The molecular formula is C21H18N2O2. The number of hydrogen-bond donors (Lipinski definition) is 2. The fourth-order valence-corrected chi connectivity index (χ4v) is 2.43. The minimum Gasteiger partial charge on any atom is -0.507 e. The zero-order valence-corrected chi connectivity index (χ0v) is 13.8. The minimum atomic E-state index is -0.153. The molecule has 25 heavy (non-hydrogen) atoms. The van der Waals surface area contributed by atoms with E-state index < -0.39 is 0 Å². The summed E-state index contributed by atoms with van der Waals surface area (Å²) >= 11 is 0. The van der Waals surface area contributed by atoms with E-state index in [0.29, 0.717) is 22.5 Å². The Kier molecular flexibility index (Phi) is 4.90. The van der Waals surface area contributed by atoms with Crippen molar-refractivity contribution in [2.45, 2.75) is 6.92 Å². The number of rotatable bonds is 4. The number of para-hydroxylation sites is 1. The second kappa shape index (κ2) is 7.45. The van der Waals surface area contributed by atoms with E-state index in [1.54, 1.807) is 36.5 Å². The first-order valence-electron chi connectivity index (χ1n) is 7.92. The number of phenols is 1. The summed E-state index contributed by atoms with van der Waals surface area (Å²) in [6, 6.07) is 21.7. The molecule has 0 fully saturated rings. The zero-order chi connectivity index (χ0) is 17.6. The van der Waals surface area contributed by atoms with Crippen LogP contribution in [0.25, 0.3) is 0 Å². The lowest BCUT2D eigenvalue weighted by atomic mass is 10.1. The molecule has 0 aliphatic rings. The summed E-state index contributed by atoms with van der Waals surface area (Å²) in [6.07, 6.45) is 1.59. The van der Waals surface area contributed by atoms with Gasteiger partial charge in [0.05, 0.1) is 5.69 Å². The van der Waals surface area contributed by atoms with E-state index in [-0.39, 0.29) is 11.7 Å². The predicted molar refractivity (Wildman–Crippen MR) is 101 cm³/mol. The van der Waals surface area contributed by atoms with Crippen molar-refractivity contribution in [2.24, 2.45) is 4.99 Å². The number of aryl methyl sites for hydroxylation is 1. The van der Waals surface area contributed by atoms with Crippen LogP contribution in [0.3, 0.4) is 0 Å². The standard InChI is InChI=1S/C21H18N2O2/c1-15-7-2-4-11-19(15)21(25)23-18-10-6-9-17(13-18)22-14-16-8-3-5-12-20(16)24/h2-14,24H,1H3,(H,23,25). The first-order valence-corrected chi connectivity index (χ1v) is 7.92. The van der Waals surface area contributed by atoms with Crippen molar-refractivity contribution in [3.63, 3.8) is 0 Å². The Morgan fingerprint density at radius 2 is 1.76 bits per heavy atom. The lowest BCUT2D eigenvalue weighted by Gasteiger charge is -2.08. The molecule has 124 valence electrons. The van der Waals surface area contributed by atoms with E-state index in [4.69, 9.17) is 0 Å². The summed E-state index contributed by atoms with van der Waals surface area (Å²) in [4.78, 5) is 16.7. The topological polar surface area (TPSA) is 61.7 Å². The molecule has 3 rings (SSSR count). The largest absolute Gasteiger partial charge is 0.507 e. The SMILES string of the molecule is Cc1ccccc1C(=O)Nc1cccc(N=Cc2ccccc2O)c1. The fraction of sp³-hybridized carbons (Fsp3) is 0.0476. The Hall–Kier alpha value is -3.40. The van der Waals surface area contributed by atoms with Crippen LogP contribution in [-0.2, 0) is 0 Å². The van der Waals surface area contributed by atoms with Gasteiger partial charge in [-0.05, 0) is 48.9 Å². The van der Waals surface area contributed by atoms with Gasteiger partial charge in [-0.15, -0.1) is 0 Å². The van der Waals surface area contributed by atoms with Crippen LogP contribution < -0.4 is 5.32 Å². The van der Waals surface area contributed by atoms with Crippen molar-refractivity contribution in [1.29, 1.82) is 0 Å². The summed E-state index contributed by atoms with van der Waals surface area (Å²) in [7, 11) is 0. The Morgan fingerprint density at radius 1 is 1.00 bits per heavy atom. The molecule has 0 spiro atoms. The summed E-state index contributed by atoms with van der Waals surface area (Å²) in [6.45, 7) is 1.90. The maximum absolute atomic E-state index is 12.4. The van der Waals surface area contributed by atoms with Gasteiger partial charge in [-0.2, -0.15) is 0 Å². The van der Waals surface area contributed by atoms with E-state index in [2.05, 4.69) is 10.3 Å². The molecule has 0 bridgehead atoms. The smallest absolute Gasteiger partial charge is 0.255 e. The van der Waals surface area contributed by atoms with Crippen molar-refractivity contribution >= 4 is 23.5 Å². The molecule has 0 unspecified atom stereocenters. The average Bonchev–Trinajstić information content (AvgIpc) is 2.62. The van der Waals surface area contributed by atoms with Gasteiger partial charge in [0.2, 0.25) is 0 Å². The van der Waals surface area contributed by atoms with Crippen molar-refractivity contribution < 1.29 is 9.90 Å². The summed E-state index contributed by atoms with van der Waals surface area (Å²) < 4.78 is 0. The summed E-state index contributed by atoms with van der Waals surface area (Å²) in [5.74, 6) is 0.0233. The highest BCUT2D eigenvalue weighted by Crippen LogP contribution is 2.20. The van der Waals surface area contributed by atoms with Crippen LogP contribution in [0.5, 0.6) is 5.75 Å². The van der Waals surface area contributed by atoms with Crippen LogP contribution in [0.4, 0.5) is 11.4 Å². The van der Waals surface area contributed by atoms with Crippen LogP contribution in [0.1, 0.15) is 21.5 Å². The molecule has 4 nitrogen and oxygen atoms in total. The molecule has 0 aromatic heterocycles. The number of anilines is 1. The molecule has 3 aromatic carbocycles. The van der Waals surface area contributed by atoms with Crippen LogP contribution in [0.2, 0.25) is 0 Å².